The maximum absolute atomic E-state index is 12.2. The van der Waals surface area contributed by atoms with Gasteiger partial charge in [0.1, 0.15) is 5.75 Å². The van der Waals surface area contributed by atoms with Crippen molar-refractivity contribution in [2.24, 2.45) is 0 Å². The van der Waals surface area contributed by atoms with Gasteiger partial charge in [-0.25, -0.2) is 0 Å². The van der Waals surface area contributed by atoms with Crippen molar-refractivity contribution in [2.75, 3.05) is 13.7 Å². The van der Waals surface area contributed by atoms with Crippen LogP contribution >= 0.6 is 11.6 Å². The van der Waals surface area contributed by atoms with Gasteiger partial charge in [0.25, 0.3) is 0 Å². The largest absolute Gasteiger partial charge is 0.497 e. The maximum atomic E-state index is 12.2. The second-order valence-corrected chi connectivity index (χ2v) is 6.00. The van der Waals surface area contributed by atoms with Crippen LogP contribution < -0.4 is 10.1 Å². The van der Waals surface area contributed by atoms with Gasteiger partial charge in [-0.2, -0.15) is 0 Å². The van der Waals surface area contributed by atoms with Gasteiger partial charge in [-0.05, 0) is 29.3 Å². The third-order valence-electron chi connectivity index (χ3n) is 3.75. The average Bonchev–Trinajstić information content (AvgIpc) is 2.61. The Hall–Kier alpha value is -2.53. The molecular weight excluding hydrogens is 340 g/mol. The van der Waals surface area contributed by atoms with Crippen molar-refractivity contribution < 1.29 is 14.3 Å². The quantitative estimate of drug-likeness (QED) is 0.825. The third-order valence-corrected chi connectivity index (χ3v) is 4.12. The van der Waals surface area contributed by atoms with Crippen LogP contribution in [0.25, 0.3) is 0 Å². The number of nitrogens with one attached hydrogen (secondary N) is 1. The molecule has 0 fully saturated rings. The zero-order chi connectivity index (χ0) is 18.2. The highest BCUT2D eigenvalue weighted by molar-refractivity contribution is 6.31. The van der Waals surface area contributed by atoms with Gasteiger partial charge in [-0.1, -0.05) is 41.9 Å². The molecule has 0 saturated heterocycles. The van der Waals surface area contributed by atoms with E-state index in [2.05, 4.69) is 5.32 Å². The van der Waals surface area contributed by atoms with Crippen LogP contribution in [0.1, 0.15) is 18.1 Å². The molecular formula is C19H21ClN2O3. The number of amides is 2. The molecule has 0 atom stereocenters. The van der Waals surface area contributed by atoms with Crippen LogP contribution in [0.5, 0.6) is 5.75 Å². The number of halogens is 1. The molecule has 0 saturated carbocycles. The maximum Gasteiger partial charge on any atom is 0.239 e. The lowest BCUT2D eigenvalue weighted by atomic mass is 10.2. The van der Waals surface area contributed by atoms with Gasteiger partial charge in [0.15, 0.2) is 0 Å². The molecule has 0 heterocycles. The van der Waals surface area contributed by atoms with Crippen molar-refractivity contribution in [1.82, 2.24) is 10.2 Å². The van der Waals surface area contributed by atoms with Gasteiger partial charge in [0.2, 0.25) is 11.8 Å². The molecule has 2 rings (SSSR count). The first kappa shape index (κ1) is 18.8. The van der Waals surface area contributed by atoms with Gasteiger partial charge >= 0.3 is 0 Å². The molecule has 132 valence electrons. The van der Waals surface area contributed by atoms with Crippen LogP contribution in [-0.2, 0) is 22.7 Å². The van der Waals surface area contributed by atoms with Gasteiger partial charge in [0, 0.05) is 25.0 Å². The Morgan fingerprint density at radius 2 is 1.80 bits per heavy atom. The van der Waals surface area contributed by atoms with E-state index >= 15 is 0 Å². The molecule has 0 aliphatic carbocycles. The van der Waals surface area contributed by atoms with Gasteiger partial charge in [-0.3, -0.25) is 9.59 Å². The summed E-state index contributed by atoms with van der Waals surface area (Å²) < 4.78 is 5.10. The number of hydrogen-bond acceptors (Lipinski definition) is 3. The fourth-order valence-electron chi connectivity index (χ4n) is 2.28. The predicted octanol–water partition coefficient (Wildman–Crippen LogP) is 3.01. The van der Waals surface area contributed by atoms with Crippen LogP contribution in [-0.4, -0.2) is 30.4 Å². The fraction of sp³-hybridized carbons (Fsp3) is 0.263. The zero-order valence-electron chi connectivity index (χ0n) is 14.3. The van der Waals surface area contributed by atoms with Crippen molar-refractivity contribution >= 4 is 23.4 Å². The molecule has 0 unspecified atom stereocenters. The van der Waals surface area contributed by atoms with Crippen molar-refractivity contribution in [3.05, 3.63) is 64.7 Å². The highest BCUT2D eigenvalue weighted by atomic mass is 35.5. The predicted molar refractivity (Wildman–Crippen MR) is 97.4 cm³/mol. The number of ether oxygens (including phenoxy) is 1. The molecule has 25 heavy (non-hydrogen) atoms. The summed E-state index contributed by atoms with van der Waals surface area (Å²) in [4.78, 5) is 25.5. The molecule has 0 bridgehead atoms. The number of nitrogens with zero attached hydrogens (tertiary/aromatic N) is 1. The number of carbonyl (C=O) groups is 2. The topological polar surface area (TPSA) is 58.6 Å². The third kappa shape index (κ3) is 5.80. The first-order valence-corrected chi connectivity index (χ1v) is 8.26. The summed E-state index contributed by atoms with van der Waals surface area (Å²) in [5, 5.41) is 3.39. The zero-order valence-corrected chi connectivity index (χ0v) is 15.0. The smallest absolute Gasteiger partial charge is 0.239 e. The molecule has 6 heteroatoms. The molecule has 2 amide bonds. The molecule has 1 N–H and O–H groups in total. The van der Waals surface area contributed by atoms with Gasteiger partial charge < -0.3 is 15.0 Å². The van der Waals surface area contributed by atoms with Crippen LogP contribution in [0, 0.1) is 0 Å². The lowest BCUT2D eigenvalue weighted by molar-refractivity contribution is -0.135. The van der Waals surface area contributed by atoms with E-state index in [9.17, 15) is 9.59 Å². The van der Waals surface area contributed by atoms with Crippen LogP contribution in [0.15, 0.2) is 48.5 Å². The van der Waals surface area contributed by atoms with Gasteiger partial charge in [-0.15, -0.1) is 0 Å². The monoisotopic (exact) mass is 360 g/mol. The van der Waals surface area contributed by atoms with Crippen molar-refractivity contribution in [2.45, 2.75) is 20.0 Å². The fourth-order valence-corrected chi connectivity index (χ4v) is 2.48. The van der Waals surface area contributed by atoms with E-state index in [4.69, 9.17) is 16.3 Å². The standard InChI is InChI=1S/C19H21ClN2O3/c1-14(23)22(12-16-5-3-4-6-18(16)20)13-19(24)21-11-15-7-9-17(25-2)10-8-15/h3-10H,11-13H2,1-2H3,(H,21,24). The Balaban J connectivity index is 1.91. The van der Waals surface area contributed by atoms with Crippen LogP contribution in [0.2, 0.25) is 5.02 Å². The number of carbonyl (C=O) groups excluding carboxylic acids is 2. The summed E-state index contributed by atoms with van der Waals surface area (Å²) in [7, 11) is 1.60. The Bertz CT molecular complexity index is 732. The molecule has 0 spiro atoms. The average molecular weight is 361 g/mol. The number of methoxy groups -OCH3 is 1. The number of rotatable bonds is 7. The molecule has 5 nitrogen and oxygen atoms in total. The van der Waals surface area contributed by atoms with E-state index in [1.165, 1.54) is 11.8 Å². The summed E-state index contributed by atoms with van der Waals surface area (Å²) in [6, 6.07) is 14.7. The van der Waals surface area contributed by atoms with Crippen molar-refractivity contribution in [3.63, 3.8) is 0 Å². The number of benzene rings is 2. The minimum absolute atomic E-state index is 0.0172. The van der Waals surface area contributed by atoms with Gasteiger partial charge in [0.05, 0.1) is 13.7 Å². The first-order valence-electron chi connectivity index (χ1n) is 7.88. The minimum Gasteiger partial charge on any atom is -0.497 e. The highest BCUT2D eigenvalue weighted by Crippen LogP contribution is 2.17. The molecule has 0 aromatic heterocycles. The first-order chi connectivity index (χ1) is 12.0. The summed E-state index contributed by atoms with van der Waals surface area (Å²) in [5.41, 5.74) is 1.76. The molecule has 2 aromatic rings. The highest BCUT2D eigenvalue weighted by Gasteiger charge is 2.15. The Kier molecular flexibility index (Phi) is 6.83. The Labute approximate surface area is 152 Å². The second-order valence-electron chi connectivity index (χ2n) is 5.59. The summed E-state index contributed by atoms with van der Waals surface area (Å²) in [6.07, 6.45) is 0. The minimum atomic E-state index is -0.224. The van der Waals surface area contributed by atoms with E-state index in [0.717, 1.165) is 16.9 Å². The van der Waals surface area contributed by atoms with E-state index in [1.807, 2.05) is 42.5 Å². The van der Waals surface area contributed by atoms with E-state index < -0.39 is 0 Å². The van der Waals surface area contributed by atoms with Crippen LogP contribution in [0.3, 0.4) is 0 Å². The molecule has 0 radical (unpaired) electrons. The molecule has 2 aromatic carbocycles. The normalized spacial score (nSPS) is 10.2. The van der Waals surface area contributed by atoms with E-state index in [1.54, 1.807) is 13.2 Å². The van der Waals surface area contributed by atoms with E-state index in [0.29, 0.717) is 18.1 Å². The van der Waals surface area contributed by atoms with Crippen molar-refractivity contribution in [3.8, 4) is 5.75 Å². The molecule has 0 aliphatic rings. The second kappa shape index (κ2) is 9.08. The summed E-state index contributed by atoms with van der Waals surface area (Å²) >= 11 is 6.13. The Morgan fingerprint density at radius 3 is 2.40 bits per heavy atom. The van der Waals surface area contributed by atoms with Crippen LogP contribution in [0.4, 0.5) is 0 Å². The van der Waals surface area contributed by atoms with E-state index in [-0.39, 0.29) is 18.4 Å². The SMILES string of the molecule is COc1ccc(CNC(=O)CN(Cc2ccccc2Cl)C(C)=O)cc1. The summed E-state index contributed by atoms with van der Waals surface area (Å²) in [6.45, 7) is 2.11. The number of hydrogen-bond donors (Lipinski definition) is 1. The lowest BCUT2D eigenvalue weighted by Gasteiger charge is -2.21. The molecule has 0 aliphatic heterocycles. The van der Waals surface area contributed by atoms with Crippen molar-refractivity contribution in [1.29, 1.82) is 0 Å². The Morgan fingerprint density at radius 1 is 1.12 bits per heavy atom. The summed E-state index contributed by atoms with van der Waals surface area (Å²) in [5.74, 6) is 0.357. The lowest BCUT2D eigenvalue weighted by Crippen LogP contribution is -2.39.